The molecular weight excluding hydrogens is 338 g/mol. The molecule has 1 aromatic rings. The van der Waals surface area contributed by atoms with Gasteiger partial charge < -0.3 is 11.1 Å². The number of halogens is 2. The number of nitrogens with one attached hydrogen (secondary N) is 1. The van der Waals surface area contributed by atoms with Gasteiger partial charge in [-0.25, -0.2) is 8.42 Å². The van der Waals surface area contributed by atoms with Crippen molar-refractivity contribution in [2.45, 2.75) is 49.8 Å². The second kappa shape index (κ2) is 8.02. The van der Waals surface area contributed by atoms with Crippen LogP contribution in [-0.2, 0) is 21.1 Å². The molecule has 0 aliphatic rings. The van der Waals surface area contributed by atoms with Gasteiger partial charge in [0.2, 0.25) is 15.7 Å². The fourth-order valence-corrected chi connectivity index (χ4v) is 3.27. The summed E-state index contributed by atoms with van der Waals surface area (Å²) in [5, 5.41) is 2.88. The van der Waals surface area contributed by atoms with Gasteiger partial charge in [-0.2, -0.15) is 8.78 Å². The molecule has 1 amide bonds. The Morgan fingerprint density at radius 2 is 1.79 bits per heavy atom. The Hall–Kier alpha value is -1.54. The van der Waals surface area contributed by atoms with Crippen molar-refractivity contribution >= 4 is 15.7 Å². The van der Waals surface area contributed by atoms with Gasteiger partial charge in [0.05, 0.1) is 11.3 Å². The maximum atomic E-state index is 12.5. The number of carbonyl (C=O) groups excluding carboxylic acids is 1. The molecule has 0 radical (unpaired) electrons. The molecule has 136 valence electrons. The largest absolute Gasteiger partial charge is 0.349 e. The Morgan fingerprint density at radius 1 is 1.25 bits per heavy atom. The predicted octanol–water partition coefficient (Wildman–Crippen LogP) is 2.11. The molecule has 0 fully saturated rings. The van der Waals surface area contributed by atoms with Gasteiger partial charge in [0.15, 0.2) is 0 Å². The highest BCUT2D eigenvalue weighted by Crippen LogP contribution is 2.19. The quantitative estimate of drug-likeness (QED) is 0.741. The average Bonchev–Trinajstić information content (AvgIpc) is 2.46. The molecule has 0 saturated heterocycles. The third-order valence-corrected chi connectivity index (χ3v) is 5.00. The second-order valence-electron chi connectivity index (χ2n) is 6.54. The first-order valence-electron chi connectivity index (χ1n) is 7.62. The van der Waals surface area contributed by atoms with Crippen molar-refractivity contribution < 1.29 is 22.0 Å². The number of rotatable bonds is 8. The minimum Gasteiger partial charge on any atom is -0.349 e. The summed E-state index contributed by atoms with van der Waals surface area (Å²) in [6.45, 7) is 6.22. The highest BCUT2D eigenvalue weighted by atomic mass is 32.2. The molecule has 1 aromatic carbocycles. The maximum absolute atomic E-state index is 12.5. The number of alkyl halides is 2. The van der Waals surface area contributed by atoms with E-state index in [1.165, 1.54) is 12.1 Å². The minimum absolute atomic E-state index is 0.0166. The van der Waals surface area contributed by atoms with Gasteiger partial charge in [0.1, 0.15) is 0 Å². The van der Waals surface area contributed by atoms with Gasteiger partial charge in [-0.05, 0) is 37.0 Å². The Bertz CT molecular complexity index is 660. The molecule has 1 atom stereocenters. The summed E-state index contributed by atoms with van der Waals surface area (Å²) in [5.41, 5.74) is 5.75. The Labute approximate surface area is 141 Å². The molecule has 0 heterocycles. The first-order chi connectivity index (χ1) is 11.0. The van der Waals surface area contributed by atoms with Crippen molar-refractivity contribution in [2.75, 3.05) is 6.54 Å². The van der Waals surface area contributed by atoms with E-state index in [4.69, 9.17) is 5.73 Å². The van der Waals surface area contributed by atoms with Crippen molar-refractivity contribution in [3.8, 4) is 0 Å². The van der Waals surface area contributed by atoms with E-state index in [0.29, 0.717) is 18.0 Å². The van der Waals surface area contributed by atoms with Gasteiger partial charge in [0.25, 0.3) is 0 Å². The number of carbonyl (C=O) groups is 1. The van der Waals surface area contributed by atoms with Crippen LogP contribution in [0.25, 0.3) is 0 Å². The van der Waals surface area contributed by atoms with Crippen LogP contribution in [0.2, 0.25) is 0 Å². The molecule has 3 N–H and O–H groups in total. The molecule has 1 rings (SSSR count). The summed E-state index contributed by atoms with van der Waals surface area (Å²) in [7, 11) is -4.62. The molecule has 0 spiro atoms. The lowest BCUT2D eigenvalue weighted by atomic mass is 9.90. The van der Waals surface area contributed by atoms with Gasteiger partial charge in [-0.1, -0.05) is 26.0 Å². The monoisotopic (exact) mass is 362 g/mol. The lowest BCUT2D eigenvalue weighted by Gasteiger charge is -2.31. The highest BCUT2D eigenvalue weighted by molar-refractivity contribution is 7.91. The minimum atomic E-state index is -4.62. The number of hydrogen-bond donors (Lipinski definition) is 2. The lowest BCUT2D eigenvalue weighted by Crippen LogP contribution is -2.52. The Balaban J connectivity index is 2.78. The van der Waals surface area contributed by atoms with Crippen LogP contribution in [0.15, 0.2) is 29.2 Å². The third kappa shape index (κ3) is 5.52. The van der Waals surface area contributed by atoms with Crippen molar-refractivity contribution in [3.63, 3.8) is 0 Å². The summed E-state index contributed by atoms with van der Waals surface area (Å²) in [6, 6.07) is 4.88. The average molecular weight is 362 g/mol. The van der Waals surface area contributed by atoms with Gasteiger partial charge in [-0.15, -0.1) is 0 Å². The number of hydrogen-bond acceptors (Lipinski definition) is 4. The van der Waals surface area contributed by atoms with Crippen molar-refractivity contribution in [2.24, 2.45) is 11.7 Å². The molecule has 0 bridgehead atoms. The van der Waals surface area contributed by atoms with Gasteiger partial charge in [0, 0.05) is 12.1 Å². The van der Waals surface area contributed by atoms with Crippen LogP contribution in [0.3, 0.4) is 0 Å². The van der Waals surface area contributed by atoms with E-state index in [-0.39, 0.29) is 12.3 Å². The van der Waals surface area contributed by atoms with E-state index in [1.807, 2.05) is 20.8 Å². The normalized spacial score (nSPS) is 14.7. The van der Waals surface area contributed by atoms with E-state index >= 15 is 0 Å². The number of benzene rings is 1. The molecule has 1 unspecified atom stereocenters. The molecule has 0 aromatic heterocycles. The first kappa shape index (κ1) is 20.5. The smallest absolute Gasteiger partial charge is 0.341 e. The molecule has 24 heavy (non-hydrogen) atoms. The van der Waals surface area contributed by atoms with Crippen LogP contribution < -0.4 is 11.1 Å². The van der Waals surface area contributed by atoms with E-state index in [2.05, 4.69) is 5.32 Å². The van der Waals surface area contributed by atoms with E-state index in [0.717, 1.165) is 18.6 Å². The molecule has 0 saturated carbocycles. The van der Waals surface area contributed by atoms with E-state index < -0.39 is 26.0 Å². The topological polar surface area (TPSA) is 89.3 Å². The third-order valence-electron chi connectivity index (χ3n) is 3.60. The number of amides is 1. The van der Waals surface area contributed by atoms with E-state index in [9.17, 15) is 22.0 Å². The Kier molecular flexibility index (Phi) is 6.86. The molecule has 0 aliphatic heterocycles. The SMILES string of the molecule is CC(C)CC(C)(CN)NC(=O)Cc1ccc(S(=O)(=O)C(F)F)cc1. The van der Waals surface area contributed by atoms with Crippen LogP contribution in [0, 0.1) is 5.92 Å². The zero-order valence-corrected chi connectivity index (χ0v) is 14.9. The maximum Gasteiger partial charge on any atom is 0.341 e. The predicted molar refractivity (Wildman–Crippen MR) is 88.4 cm³/mol. The summed E-state index contributed by atoms with van der Waals surface area (Å²) in [4.78, 5) is 11.7. The summed E-state index contributed by atoms with van der Waals surface area (Å²) >= 11 is 0. The lowest BCUT2D eigenvalue weighted by molar-refractivity contribution is -0.122. The Morgan fingerprint density at radius 3 is 2.21 bits per heavy atom. The standard InChI is InChI=1S/C16H24F2N2O3S/c1-11(2)9-16(3,10-19)20-14(21)8-12-4-6-13(7-5-12)24(22,23)15(17)18/h4-7,11,15H,8-10,19H2,1-3H3,(H,20,21). The second-order valence-corrected chi connectivity index (χ2v) is 8.46. The highest BCUT2D eigenvalue weighted by Gasteiger charge is 2.27. The molecule has 8 heteroatoms. The van der Waals surface area contributed by atoms with Crippen LogP contribution in [-0.4, -0.2) is 32.2 Å². The van der Waals surface area contributed by atoms with Crippen molar-refractivity contribution in [1.29, 1.82) is 0 Å². The van der Waals surface area contributed by atoms with Crippen LogP contribution in [0.1, 0.15) is 32.8 Å². The van der Waals surface area contributed by atoms with Gasteiger partial charge in [-0.3, -0.25) is 4.79 Å². The van der Waals surface area contributed by atoms with Crippen molar-refractivity contribution in [3.05, 3.63) is 29.8 Å². The van der Waals surface area contributed by atoms with Crippen molar-refractivity contribution in [1.82, 2.24) is 5.32 Å². The molecule has 5 nitrogen and oxygen atoms in total. The zero-order valence-electron chi connectivity index (χ0n) is 14.1. The first-order valence-corrected chi connectivity index (χ1v) is 9.17. The zero-order chi connectivity index (χ0) is 18.5. The molecule has 0 aliphatic carbocycles. The summed E-state index contributed by atoms with van der Waals surface area (Å²) < 4.78 is 47.7. The fraction of sp³-hybridized carbons (Fsp3) is 0.562. The van der Waals surface area contributed by atoms with Crippen LogP contribution in [0.4, 0.5) is 8.78 Å². The summed E-state index contributed by atoms with van der Waals surface area (Å²) in [6.07, 6.45) is 0.740. The number of nitrogens with two attached hydrogens (primary N) is 1. The fourth-order valence-electron chi connectivity index (χ4n) is 2.55. The number of sulfone groups is 1. The summed E-state index contributed by atoms with van der Waals surface area (Å²) in [5.74, 6) is -3.36. The van der Waals surface area contributed by atoms with E-state index in [1.54, 1.807) is 0 Å². The van der Waals surface area contributed by atoms with Crippen LogP contribution in [0.5, 0.6) is 0 Å². The molecular formula is C16H24F2N2O3S. The van der Waals surface area contributed by atoms with Gasteiger partial charge >= 0.3 is 5.76 Å². The van der Waals surface area contributed by atoms with Crippen LogP contribution >= 0.6 is 0 Å².